The van der Waals surface area contributed by atoms with Gasteiger partial charge < -0.3 is 14.5 Å². The van der Waals surface area contributed by atoms with Crippen molar-refractivity contribution in [1.82, 2.24) is 14.2 Å². The highest BCUT2D eigenvalue weighted by Gasteiger charge is 2.28. The summed E-state index contributed by atoms with van der Waals surface area (Å²) in [5, 5.41) is 3.02. The van der Waals surface area contributed by atoms with Gasteiger partial charge in [0.25, 0.3) is 0 Å². The maximum Gasteiger partial charge on any atom is 0.419 e. The second kappa shape index (κ2) is 8.68. The molecule has 0 unspecified atom stereocenters. The second-order valence-corrected chi connectivity index (χ2v) is 10.2. The van der Waals surface area contributed by atoms with Crippen molar-refractivity contribution >= 4 is 27.0 Å². The molecule has 0 spiro atoms. The quantitative estimate of drug-likeness (QED) is 0.591. The molecule has 3 heterocycles. The number of nitrogens with one attached hydrogen (secondary N) is 1. The molecule has 0 aliphatic carbocycles. The molecule has 1 N–H and O–H groups in total. The summed E-state index contributed by atoms with van der Waals surface area (Å²) < 4.78 is 39.3. The Balaban J connectivity index is 1.30. The van der Waals surface area contributed by atoms with Crippen molar-refractivity contribution in [3.05, 3.63) is 58.6 Å². The fourth-order valence-corrected chi connectivity index (χ4v) is 6.00. The van der Waals surface area contributed by atoms with E-state index in [1.807, 2.05) is 24.3 Å². The molecule has 1 fully saturated rings. The number of hydrogen-bond donors (Lipinski definition) is 1. The van der Waals surface area contributed by atoms with Crippen LogP contribution in [0.4, 0.5) is 0 Å². The van der Waals surface area contributed by atoms with Gasteiger partial charge in [-0.3, -0.25) is 9.36 Å². The van der Waals surface area contributed by atoms with E-state index in [-0.39, 0.29) is 35.4 Å². The van der Waals surface area contributed by atoms with E-state index in [0.29, 0.717) is 31.6 Å². The van der Waals surface area contributed by atoms with Gasteiger partial charge in [-0.1, -0.05) is 18.2 Å². The maximum absolute atomic E-state index is 12.8. The van der Waals surface area contributed by atoms with Crippen LogP contribution in [0.3, 0.4) is 0 Å². The van der Waals surface area contributed by atoms with E-state index in [2.05, 4.69) is 5.32 Å². The minimum atomic E-state index is -3.61. The Morgan fingerprint density at radius 1 is 1.12 bits per heavy atom. The first-order valence-electron chi connectivity index (χ1n) is 11.1. The average Bonchev–Trinajstić information content (AvgIpc) is 3.46. The molecule has 2 aliphatic rings. The Hall–Kier alpha value is -3.11. The monoisotopic (exact) mass is 471 g/mol. The van der Waals surface area contributed by atoms with Crippen molar-refractivity contribution in [1.29, 1.82) is 0 Å². The van der Waals surface area contributed by atoms with E-state index >= 15 is 0 Å². The molecule has 1 aromatic heterocycles. The molecule has 2 aliphatic heterocycles. The Kier molecular flexibility index (Phi) is 5.71. The van der Waals surface area contributed by atoms with Crippen LogP contribution in [-0.2, 0) is 21.4 Å². The van der Waals surface area contributed by atoms with Gasteiger partial charge in [-0.2, -0.15) is 4.31 Å². The lowest BCUT2D eigenvalue weighted by Gasteiger charge is -2.26. The van der Waals surface area contributed by atoms with Crippen LogP contribution >= 0.6 is 0 Å². The summed E-state index contributed by atoms with van der Waals surface area (Å²) >= 11 is 0. The molecule has 3 aromatic rings. The molecule has 1 amide bonds. The first kappa shape index (κ1) is 21.7. The van der Waals surface area contributed by atoms with Gasteiger partial charge in [0.05, 0.1) is 23.1 Å². The molecular weight excluding hydrogens is 446 g/mol. The van der Waals surface area contributed by atoms with Crippen molar-refractivity contribution in [2.24, 2.45) is 0 Å². The fraction of sp³-hybridized carbons (Fsp3) is 0.391. The summed E-state index contributed by atoms with van der Waals surface area (Å²) in [5.74, 6) is -0.0399. The van der Waals surface area contributed by atoms with Crippen LogP contribution in [0.5, 0.6) is 5.75 Å². The number of amides is 1. The summed E-state index contributed by atoms with van der Waals surface area (Å²) in [5.41, 5.74) is 1.60. The first-order chi connectivity index (χ1) is 15.9. The SMILES string of the molecule is O=C(CCn1c(=O)oc2cc(S(=O)(=O)N3CCCC3)ccc21)N[C@@H]1CCOc2ccccc21. The molecule has 5 rings (SSSR count). The molecule has 33 heavy (non-hydrogen) atoms. The molecule has 0 bridgehead atoms. The van der Waals surface area contributed by atoms with Gasteiger partial charge in [0.15, 0.2) is 5.58 Å². The third kappa shape index (κ3) is 4.16. The highest BCUT2D eigenvalue weighted by atomic mass is 32.2. The van der Waals surface area contributed by atoms with Gasteiger partial charge in [0.2, 0.25) is 15.9 Å². The van der Waals surface area contributed by atoms with Gasteiger partial charge in [-0.05, 0) is 31.0 Å². The smallest absolute Gasteiger partial charge is 0.419 e. The molecule has 0 saturated carbocycles. The average molecular weight is 472 g/mol. The maximum atomic E-state index is 12.8. The van der Waals surface area contributed by atoms with Crippen molar-refractivity contribution in [3.8, 4) is 5.75 Å². The molecule has 10 heteroatoms. The van der Waals surface area contributed by atoms with E-state index in [1.165, 1.54) is 21.0 Å². The number of nitrogens with zero attached hydrogens (tertiary/aromatic N) is 2. The van der Waals surface area contributed by atoms with Gasteiger partial charge in [0, 0.05) is 44.1 Å². The predicted octanol–water partition coefficient (Wildman–Crippen LogP) is 2.41. The zero-order chi connectivity index (χ0) is 23.0. The summed E-state index contributed by atoms with van der Waals surface area (Å²) in [4.78, 5) is 25.1. The predicted molar refractivity (Wildman–Crippen MR) is 121 cm³/mol. The number of aryl methyl sites for hydroxylation is 1. The number of aromatic nitrogens is 1. The lowest BCUT2D eigenvalue weighted by molar-refractivity contribution is -0.122. The van der Waals surface area contributed by atoms with Crippen molar-refractivity contribution in [2.75, 3.05) is 19.7 Å². The number of carbonyl (C=O) groups excluding carboxylic acids is 1. The zero-order valence-corrected chi connectivity index (χ0v) is 18.8. The molecule has 1 atom stereocenters. The number of carbonyl (C=O) groups is 1. The Labute approximate surface area is 191 Å². The van der Waals surface area contributed by atoms with E-state index in [4.69, 9.17) is 9.15 Å². The number of ether oxygens (including phenoxy) is 1. The highest BCUT2D eigenvalue weighted by Crippen LogP contribution is 2.31. The molecule has 1 saturated heterocycles. The van der Waals surface area contributed by atoms with Gasteiger partial charge in [0.1, 0.15) is 5.75 Å². The zero-order valence-electron chi connectivity index (χ0n) is 18.0. The molecular formula is C23H25N3O6S. The summed E-state index contributed by atoms with van der Waals surface area (Å²) in [6.07, 6.45) is 2.44. The number of oxazole rings is 1. The topological polar surface area (TPSA) is 111 Å². The number of para-hydroxylation sites is 1. The first-order valence-corrected chi connectivity index (χ1v) is 12.5. The van der Waals surface area contributed by atoms with Crippen LogP contribution in [0.15, 0.2) is 56.6 Å². The summed E-state index contributed by atoms with van der Waals surface area (Å²) in [7, 11) is -3.61. The minimum Gasteiger partial charge on any atom is -0.493 e. The molecule has 9 nitrogen and oxygen atoms in total. The number of rotatable bonds is 6. The van der Waals surface area contributed by atoms with Crippen molar-refractivity contribution in [3.63, 3.8) is 0 Å². The fourth-order valence-electron chi connectivity index (χ4n) is 4.47. The van der Waals surface area contributed by atoms with Crippen molar-refractivity contribution < 1.29 is 22.4 Å². The van der Waals surface area contributed by atoms with Crippen LogP contribution in [-0.4, -0.2) is 42.9 Å². The standard InChI is InChI=1S/C23H25N3O6S/c27-22(24-18-10-14-31-20-6-2-1-5-17(18)20)9-13-26-19-8-7-16(15-21(19)32-23(26)28)33(29,30)25-11-3-4-12-25/h1-2,5-8,15,18H,3-4,9-14H2,(H,24,27)/t18-/m1/s1. The third-order valence-corrected chi connectivity index (χ3v) is 8.09. The third-order valence-electron chi connectivity index (χ3n) is 6.20. The number of benzene rings is 2. The Bertz CT molecular complexity index is 1350. The Morgan fingerprint density at radius 3 is 2.73 bits per heavy atom. The minimum absolute atomic E-state index is 0.0852. The van der Waals surface area contributed by atoms with E-state index in [9.17, 15) is 18.0 Å². The number of fused-ring (bicyclic) bond motifs is 2. The number of sulfonamides is 1. The van der Waals surface area contributed by atoms with Crippen LogP contribution in [0, 0.1) is 0 Å². The molecule has 0 radical (unpaired) electrons. The Morgan fingerprint density at radius 2 is 1.91 bits per heavy atom. The van der Waals surface area contributed by atoms with Crippen molar-refractivity contribution in [2.45, 2.75) is 43.2 Å². The van der Waals surface area contributed by atoms with Gasteiger partial charge >= 0.3 is 5.76 Å². The van der Waals surface area contributed by atoms with E-state index in [1.54, 1.807) is 6.07 Å². The number of hydrogen-bond acceptors (Lipinski definition) is 6. The van der Waals surface area contributed by atoms with Gasteiger partial charge in [-0.25, -0.2) is 13.2 Å². The van der Waals surface area contributed by atoms with Crippen LogP contribution < -0.4 is 15.8 Å². The summed E-state index contributed by atoms with van der Waals surface area (Å²) in [6, 6.07) is 11.9. The normalized spacial score (nSPS) is 18.7. The van der Waals surface area contributed by atoms with Gasteiger partial charge in [-0.15, -0.1) is 0 Å². The largest absolute Gasteiger partial charge is 0.493 e. The van der Waals surface area contributed by atoms with E-state index in [0.717, 1.165) is 24.2 Å². The molecule has 174 valence electrons. The molecule has 2 aromatic carbocycles. The highest BCUT2D eigenvalue weighted by molar-refractivity contribution is 7.89. The van der Waals surface area contributed by atoms with E-state index < -0.39 is 15.8 Å². The lowest BCUT2D eigenvalue weighted by atomic mass is 10.0. The van der Waals surface area contributed by atoms with Crippen LogP contribution in [0.25, 0.3) is 11.1 Å². The second-order valence-electron chi connectivity index (χ2n) is 8.31. The lowest BCUT2D eigenvalue weighted by Crippen LogP contribution is -2.33. The summed E-state index contributed by atoms with van der Waals surface area (Å²) in [6.45, 7) is 1.65. The van der Waals surface area contributed by atoms with Crippen LogP contribution in [0.1, 0.15) is 37.3 Å². The van der Waals surface area contributed by atoms with Crippen LogP contribution in [0.2, 0.25) is 0 Å².